The molecule has 0 unspecified atom stereocenters. The molecule has 0 aliphatic rings. The van der Waals surface area contributed by atoms with Crippen molar-refractivity contribution in [1.82, 2.24) is 0 Å². The molecule has 0 heterocycles. The predicted octanol–water partition coefficient (Wildman–Crippen LogP) is 4.80. The van der Waals surface area contributed by atoms with Crippen LogP contribution in [0.3, 0.4) is 0 Å². The molecule has 2 rings (SSSR count). The van der Waals surface area contributed by atoms with E-state index >= 15 is 0 Å². The van der Waals surface area contributed by atoms with Crippen LogP contribution in [-0.4, -0.2) is 0 Å². The SMILES string of the molecule is Fc1ccc(-c2cccc(Cl)c2)cc1Cl. The first-order valence-electron chi connectivity index (χ1n) is 4.38. The van der Waals surface area contributed by atoms with Gasteiger partial charge in [0.1, 0.15) is 5.82 Å². The molecule has 76 valence electrons. The van der Waals surface area contributed by atoms with Crippen LogP contribution in [0.25, 0.3) is 11.1 Å². The molecule has 0 spiro atoms. The van der Waals surface area contributed by atoms with Crippen LogP contribution in [0.5, 0.6) is 0 Å². The van der Waals surface area contributed by atoms with Gasteiger partial charge in [-0.15, -0.1) is 0 Å². The van der Waals surface area contributed by atoms with Crippen molar-refractivity contribution < 1.29 is 4.39 Å². The molecule has 15 heavy (non-hydrogen) atoms. The first-order chi connectivity index (χ1) is 7.16. The van der Waals surface area contributed by atoms with Crippen LogP contribution < -0.4 is 0 Å². The van der Waals surface area contributed by atoms with Gasteiger partial charge in [-0.3, -0.25) is 0 Å². The van der Waals surface area contributed by atoms with Gasteiger partial charge in [-0.25, -0.2) is 4.39 Å². The first kappa shape index (κ1) is 10.5. The molecule has 3 heteroatoms. The molecular weight excluding hydrogens is 234 g/mol. The highest BCUT2D eigenvalue weighted by molar-refractivity contribution is 6.31. The van der Waals surface area contributed by atoms with E-state index in [4.69, 9.17) is 23.2 Å². The number of halogens is 3. The lowest BCUT2D eigenvalue weighted by molar-refractivity contribution is 0.628. The van der Waals surface area contributed by atoms with E-state index in [2.05, 4.69) is 0 Å². The van der Waals surface area contributed by atoms with E-state index < -0.39 is 5.82 Å². The van der Waals surface area contributed by atoms with Crippen LogP contribution >= 0.6 is 23.2 Å². The van der Waals surface area contributed by atoms with Gasteiger partial charge in [-0.1, -0.05) is 41.4 Å². The van der Waals surface area contributed by atoms with Gasteiger partial charge in [0.25, 0.3) is 0 Å². The second kappa shape index (κ2) is 4.21. The van der Waals surface area contributed by atoms with Crippen molar-refractivity contribution in [1.29, 1.82) is 0 Å². The van der Waals surface area contributed by atoms with Gasteiger partial charge in [-0.05, 0) is 35.4 Å². The summed E-state index contributed by atoms with van der Waals surface area (Å²) in [6, 6.07) is 11.9. The fraction of sp³-hybridized carbons (Fsp3) is 0. The number of hydrogen-bond donors (Lipinski definition) is 0. The molecule has 0 amide bonds. The van der Waals surface area contributed by atoms with Crippen molar-refractivity contribution in [3.63, 3.8) is 0 Å². The Morgan fingerprint density at radius 1 is 0.867 bits per heavy atom. The lowest BCUT2D eigenvalue weighted by Crippen LogP contribution is -1.81. The van der Waals surface area contributed by atoms with E-state index in [0.29, 0.717) is 5.02 Å². The molecule has 0 radical (unpaired) electrons. The minimum atomic E-state index is -0.414. The van der Waals surface area contributed by atoms with E-state index in [0.717, 1.165) is 11.1 Å². The summed E-state index contributed by atoms with van der Waals surface area (Å²) in [7, 11) is 0. The highest BCUT2D eigenvalue weighted by Crippen LogP contribution is 2.26. The Labute approximate surface area is 97.3 Å². The Kier molecular flexibility index (Phi) is 2.94. The van der Waals surface area contributed by atoms with E-state index in [1.807, 2.05) is 18.2 Å². The van der Waals surface area contributed by atoms with Crippen molar-refractivity contribution in [3.05, 3.63) is 58.3 Å². The predicted molar refractivity (Wildman–Crippen MR) is 61.9 cm³/mol. The van der Waals surface area contributed by atoms with E-state index in [1.165, 1.54) is 6.07 Å². The Morgan fingerprint density at radius 2 is 1.60 bits per heavy atom. The minimum Gasteiger partial charge on any atom is -0.205 e. The second-order valence-corrected chi connectivity index (χ2v) is 3.98. The molecule has 0 saturated heterocycles. The maximum Gasteiger partial charge on any atom is 0.141 e. The van der Waals surface area contributed by atoms with Crippen molar-refractivity contribution in [2.24, 2.45) is 0 Å². The maximum atomic E-state index is 12.9. The van der Waals surface area contributed by atoms with Crippen molar-refractivity contribution in [2.45, 2.75) is 0 Å². The van der Waals surface area contributed by atoms with E-state index in [1.54, 1.807) is 18.2 Å². The Morgan fingerprint density at radius 3 is 2.27 bits per heavy atom. The highest BCUT2D eigenvalue weighted by Gasteiger charge is 2.03. The largest absolute Gasteiger partial charge is 0.205 e. The molecule has 2 aromatic rings. The van der Waals surface area contributed by atoms with Crippen LogP contribution in [-0.2, 0) is 0 Å². The summed E-state index contributed by atoms with van der Waals surface area (Å²) in [6.07, 6.45) is 0. The normalized spacial score (nSPS) is 10.3. The zero-order chi connectivity index (χ0) is 10.8. The molecule has 0 nitrogen and oxygen atoms in total. The van der Waals surface area contributed by atoms with Gasteiger partial charge < -0.3 is 0 Å². The van der Waals surface area contributed by atoms with Crippen molar-refractivity contribution in [2.75, 3.05) is 0 Å². The van der Waals surface area contributed by atoms with Crippen LogP contribution in [0.15, 0.2) is 42.5 Å². The average Bonchev–Trinajstić information content (AvgIpc) is 2.22. The van der Waals surface area contributed by atoms with E-state index in [9.17, 15) is 4.39 Å². The van der Waals surface area contributed by atoms with Gasteiger partial charge in [0.05, 0.1) is 5.02 Å². The third kappa shape index (κ3) is 2.31. The molecule has 2 aromatic carbocycles. The van der Waals surface area contributed by atoms with Gasteiger partial charge in [-0.2, -0.15) is 0 Å². The van der Waals surface area contributed by atoms with Crippen LogP contribution in [0.1, 0.15) is 0 Å². The number of benzene rings is 2. The Hall–Kier alpha value is -1.05. The highest BCUT2D eigenvalue weighted by atomic mass is 35.5. The summed E-state index contributed by atoms with van der Waals surface area (Å²) in [4.78, 5) is 0. The summed E-state index contributed by atoms with van der Waals surface area (Å²) in [5.74, 6) is -0.414. The number of hydrogen-bond acceptors (Lipinski definition) is 0. The topological polar surface area (TPSA) is 0 Å². The van der Waals surface area contributed by atoms with Crippen LogP contribution in [0, 0.1) is 5.82 Å². The third-order valence-electron chi connectivity index (χ3n) is 2.08. The fourth-order valence-electron chi connectivity index (χ4n) is 1.34. The maximum absolute atomic E-state index is 12.9. The minimum absolute atomic E-state index is 0.118. The quantitative estimate of drug-likeness (QED) is 0.672. The van der Waals surface area contributed by atoms with Crippen molar-refractivity contribution >= 4 is 23.2 Å². The molecule has 0 bridgehead atoms. The van der Waals surface area contributed by atoms with Crippen LogP contribution in [0.4, 0.5) is 4.39 Å². The molecular formula is C12H7Cl2F. The zero-order valence-electron chi connectivity index (χ0n) is 7.68. The summed E-state index contributed by atoms with van der Waals surface area (Å²) in [6.45, 7) is 0. The van der Waals surface area contributed by atoms with Gasteiger partial charge in [0.2, 0.25) is 0 Å². The molecule has 0 aliphatic heterocycles. The lowest BCUT2D eigenvalue weighted by Gasteiger charge is -2.03. The van der Waals surface area contributed by atoms with Gasteiger partial charge in [0, 0.05) is 5.02 Å². The average molecular weight is 241 g/mol. The van der Waals surface area contributed by atoms with Gasteiger partial charge >= 0.3 is 0 Å². The number of rotatable bonds is 1. The van der Waals surface area contributed by atoms with Crippen molar-refractivity contribution in [3.8, 4) is 11.1 Å². The summed E-state index contributed by atoms with van der Waals surface area (Å²) < 4.78 is 12.9. The zero-order valence-corrected chi connectivity index (χ0v) is 9.19. The molecule has 0 aromatic heterocycles. The lowest BCUT2D eigenvalue weighted by atomic mass is 10.1. The summed E-state index contributed by atoms with van der Waals surface area (Å²) in [5, 5.41) is 0.764. The Bertz CT molecular complexity index is 495. The summed E-state index contributed by atoms with van der Waals surface area (Å²) >= 11 is 11.6. The first-order valence-corrected chi connectivity index (χ1v) is 5.13. The molecule has 0 atom stereocenters. The molecule has 0 saturated carbocycles. The fourth-order valence-corrected chi connectivity index (χ4v) is 1.71. The standard InChI is InChI=1S/C12H7Cl2F/c13-10-3-1-2-8(6-10)9-4-5-12(15)11(14)7-9/h1-7H. The second-order valence-electron chi connectivity index (χ2n) is 3.14. The Balaban J connectivity index is 2.50. The smallest absolute Gasteiger partial charge is 0.141 e. The molecule has 0 N–H and O–H groups in total. The van der Waals surface area contributed by atoms with Gasteiger partial charge in [0.15, 0.2) is 0 Å². The molecule has 0 fully saturated rings. The van der Waals surface area contributed by atoms with E-state index in [-0.39, 0.29) is 5.02 Å². The molecule has 0 aliphatic carbocycles. The summed E-state index contributed by atoms with van der Waals surface area (Å²) in [5.41, 5.74) is 1.77. The monoisotopic (exact) mass is 240 g/mol. The third-order valence-corrected chi connectivity index (χ3v) is 2.60. The van der Waals surface area contributed by atoms with Crippen LogP contribution in [0.2, 0.25) is 10.0 Å².